The molecule has 15 heavy (non-hydrogen) atoms. The van der Waals surface area contributed by atoms with Gasteiger partial charge in [0.15, 0.2) is 5.58 Å². The quantitative estimate of drug-likeness (QED) is 0.706. The molecule has 2 unspecified atom stereocenters. The van der Waals surface area contributed by atoms with Gasteiger partial charge in [-0.2, -0.15) is 0 Å². The summed E-state index contributed by atoms with van der Waals surface area (Å²) in [7, 11) is 0. The Morgan fingerprint density at radius 1 is 1.27 bits per heavy atom. The molecule has 0 saturated carbocycles. The van der Waals surface area contributed by atoms with Crippen LogP contribution in [0.25, 0.3) is 11.0 Å². The maximum atomic E-state index is 5.30. The lowest BCUT2D eigenvalue weighted by atomic mass is 9.69. The third-order valence-electron chi connectivity index (χ3n) is 3.87. The van der Waals surface area contributed by atoms with Gasteiger partial charge >= 0.3 is 0 Å². The van der Waals surface area contributed by atoms with Crippen LogP contribution in [0.2, 0.25) is 0 Å². The molecule has 4 rings (SSSR count). The molecule has 1 aliphatic carbocycles. The fourth-order valence-electron chi connectivity index (χ4n) is 3.02. The molecule has 1 aliphatic heterocycles. The number of hydrogen-bond acceptors (Lipinski definition) is 3. The Balaban J connectivity index is 2.01. The van der Waals surface area contributed by atoms with Crippen LogP contribution in [0.3, 0.4) is 0 Å². The second-order valence-corrected chi connectivity index (χ2v) is 4.62. The molecule has 1 aromatic heterocycles. The van der Waals surface area contributed by atoms with Crippen molar-refractivity contribution >= 4 is 11.0 Å². The Hall–Kier alpha value is -1.35. The van der Waals surface area contributed by atoms with Crippen LogP contribution in [0.1, 0.15) is 28.7 Å². The van der Waals surface area contributed by atoms with Crippen molar-refractivity contribution in [3.8, 4) is 0 Å². The summed E-state index contributed by atoms with van der Waals surface area (Å²) in [5.41, 5.74) is 4.91. The molecule has 1 N–H and O–H groups in total. The van der Waals surface area contributed by atoms with Gasteiger partial charge < -0.3 is 9.84 Å². The summed E-state index contributed by atoms with van der Waals surface area (Å²) < 4.78 is 5.30. The second kappa shape index (κ2) is 2.42. The number of fused-ring (bicyclic) bond motifs is 5. The summed E-state index contributed by atoms with van der Waals surface area (Å²) in [5, 5.41) is 8.64. The lowest BCUT2D eigenvalue weighted by Crippen LogP contribution is -2.22. The van der Waals surface area contributed by atoms with Crippen molar-refractivity contribution in [3.05, 3.63) is 29.0 Å². The largest absolute Gasteiger partial charge is 0.356 e. The molecule has 2 aromatic rings. The highest BCUT2D eigenvalue weighted by Gasteiger charge is 2.41. The van der Waals surface area contributed by atoms with E-state index in [2.05, 4.69) is 22.6 Å². The number of nitrogens with zero attached hydrogens (tertiary/aromatic N) is 1. The standard InChI is InChI=1S/C12H12N2O/c1-6-7-2-8-9(3-12(7)15-14-6)11-5-13-4-10(8)11/h2-3,10-11,13H,4-5H2,1H3. The van der Waals surface area contributed by atoms with E-state index in [4.69, 9.17) is 4.52 Å². The van der Waals surface area contributed by atoms with Crippen molar-refractivity contribution in [1.29, 1.82) is 0 Å². The first kappa shape index (κ1) is 7.88. The van der Waals surface area contributed by atoms with E-state index in [0.29, 0.717) is 0 Å². The maximum absolute atomic E-state index is 5.30. The molecule has 1 aromatic carbocycles. The van der Waals surface area contributed by atoms with Gasteiger partial charge in [0.2, 0.25) is 0 Å². The molecule has 3 heteroatoms. The number of aryl methyl sites for hydroxylation is 1. The van der Waals surface area contributed by atoms with E-state index >= 15 is 0 Å². The summed E-state index contributed by atoms with van der Waals surface area (Å²) in [4.78, 5) is 0. The molecular formula is C12H12N2O. The molecule has 2 aliphatic rings. The topological polar surface area (TPSA) is 38.1 Å². The number of nitrogens with one attached hydrogen (secondary N) is 1. The lowest BCUT2D eigenvalue weighted by Gasteiger charge is -2.33. The number of hydrogen-bond donors (Lipinski definition) is 1. The van der Waals surface area contributed by atoms with E-state index in [1.54, 1.807) is 0 Å². The SMILES string of the molecule is Cc1noc2cc3c(cc12)C1CNCC31. The molecule has 1 saturated heterocycles. The smallest absolute Gasteiger partial charge is 0.167 e. The molecule has 2 atom stereocenters. The van der Waals surface area contributed by atoms with Gasteiger partial charge in [-0.05, 0) is 30.2 Å². The Morgan fingerprint density at radius 2 is 2.00 bits per heavy atom. The molecule has 1 fully saturated rings. The van der Waals surface area contributed by atoms with E-state index in [9.17, 15) is 0 Å². The van der Waals surface area contributed by atoms with E-state index in [1.807, 2.05) is 6.92 Å². The monoisotopic (exact) mass is 200 g/mol. The Morgan fingerprint density at radius 3 is 2.80 bits per heavy atom. The first-order valence-corrected chi connectivity index (χ1v) is 5.45. The van der Waals surface area contributed by atoms with Crippen LogP contribution in [0, 0.1) is 6.92 Å². The van der Waals surface area contributed by atoms with Gasteiger partial charge in [-0.1, -0.05) is 5.16 Å². The fraction of sp³-hybridized carbons (Fsp3) is 0.417. The maximum Gasteiger partial charge on any atom is 0.167 e. The lowest BCUT2D eigenvalue weighted by molar-refractivity contribution is 0.449. The molecule has 0 spiro atoms. The summed E-state index contributed by atoms with van der Waals surface area (Å²) >= 11 is 0. The van der Waals surface area contributed by atoms with Crippen LogP contribution in [0.15, 0.2) is 16.7 Å². The van der Waals surface area contributed by atoms with Crippen LogP contribution in [-0.2, 0) is 0 Å². The van der Waals surface area contributed by atoms with E-state index < -0.39 is 0 Å². The van der Waals surface area contributed by atoms with Crippen molar-refractivity contribution in [2.45, 2.75) is 18.8 Å². The second-order valence-electron chi connectivity index (χ2n) is 4.62. The third kappa shape index (κ3) is 0.827. The number of aromatic nitrogens is 1. The Labute approximate surface area is 87.4 Å². The van der Waals surface area contributed by atoms with Crippen molar-refractivity contribution in [1.82, 2.24) is 10.5 Å². The Bertz CT molecular complexity index is 558. The summed E-state index contributed by atoms with van der Waals surface area (Å²) in [6.07, 6.45) is 0. The van der Waals surface area contributed by atoms with Gasteiger partial charge in [0.25, 0.3) is 0 Å². The highest BCUT2D eigenvalue weighted by atomic mass is 16.5. The molecule has 0 bridgehead atoms. The van der Waals surface area contributed by atoms with Gasteiger partial charge in [0.1, 0.15) is 0 Å². The van der Waals surface area contributed by atoms with Crippen LogP contribution in [0.4, 0.5) is 0 Å². The van der Waals surface area contributed by atoms with Crippen molar-refractivity contribution < 1.29 is 4.52 Å². The van der Waals surface area contributed by atoms with Crippen molar-refractivity contribution in [2.75, 3.05) is 13.1 Å². The summed E-state index contributed by atoms with van der Waals surface area (Å²) in [5.74, 6) is 1.45. The number of rotatable bonds is 0. The van der Waals surface area contributed by atoms with Crippen LogP contribution in [-0.4, -0.2) is 18.2 Å². The average Bonchev–Trinajstić information content (AvgIpc) is 2.79. The van der Waals surface area contributed by atoms with Crippen molar-refractivity contribution in [3.63, 3.8) is 0 Å². The summed E-state index contributed by atoms with van der Waals surface area (Å²) in [6, 6.07) is 4.45. The van der Waals surface area contributed by atoms with Gasteiger partial charge in [-0.3, -0.25) is 0 Å². The Kier molecular flexibility index (Phi) is 1.27. The van der Waals surface area contributed by atoms with Crippen LogP contribution >= 0.6 is 0 Å². The first-order chi connectivity index (χ1) is 7.34. The highest BCUT2D eigenvalue weighted by molar-refractivity contribution is 5.82. The zero-order valence-electron chi connectivity index (χ0n) is 8.58. The molecule has 3 nitrogen and oxygen atoms in total. The van der Waals surface area contributed by atoms with Crippen molar-refractivity contribution in [2.24, 2.45) is 0 Å². The minimum absolute atomic E-state index is 0.717. The van der Waals surface area contributed by atoms with Crippen LogP contribution < -0.4 is 5.32 Å². The van der Waals surface area contributed by atoms with E-state index in [0.717, 1.165) is 36.2 Å². The van der Waals surface area contributed by atoms with Gasteiger partial charge in [-0.25, -0.2) is 0 Å². The van der Waals surface area contributed by atoms with Gasteiger partial charge in [0, 0.05) is 30.3 Å². The molecule has 2 heterocycles. The average molecular weight is 200 g/mol. The third-order valence-corrected chi connectivity index (χ3v) is 3.87. The van der Waals surface area contributed by atoms with Crippen LogP contribution in [0.5, 0.6) is 0 Å². The molecule has 76 valence electrons. The summed E-state index contributed by atoms with van der Waals surface area (Å²) in [6.45, 7) is 4.26. The normalized spacial score (nSPS) is 27.5. The first-order valence-electron chi connectivity index (χ1n) is 5.45. The van der Waals surface area contributed by atoms with E-state index in [-0.39, 0.29) is 0 Å². The predicted molar refractivity (Wildman–Crippen MR) is 57.1 cm³/mol. The fourth-order valence-corrected chi connectivity index (χ4v) is 3.02. The highest BCUT2D eigenvalue weighted by Crippen LogP contribution is 2.50. The molecule has 0 amide bonds. The van der Waals surface area contributed by atoms with Gasteiger partial charge in [-0.15, -0.1) is 0 Å². The van der Waals surface area contributed by atoms with E-state index in [1.165, 1.54) is 16.5 Å². The predicted octanol–water partition coefficient (Wildman–Crippen LogP) is 1.92. The minimum atomic E-state index is 0.717. The zero-order chi connectivity index (χ0) is 9.99. The molecule has 0 radical (unpaired) electrons. The molecular weight excluding hydrogens is 188 g/mol. The zero-order valence-corrected chi connectivity index (χ0v) is 8.58. The van der Waals surface area contributed by atoms with Gasteiger partial charge in [0.05, 0.1) is 5.69 Å². The number of benzene rings is 1. The minimum Gasteiger partial charge on any atom is -0.356 e.